The molecule has 4 rings (SSSR count). The molecule has 176 valence electrons. The highest BCUT2D eigenvalue weighted by Gasteiger charge is 2.37. The lowest BCUT2D eigenvalue weighted by Gasteiger charge is -2.42. The number of benzene rings is 1. The number of rotatable bonds is 5. The number of aliphatic hydroxyl groups is 1. The summed E-state index contributed by atoms with van der Waals surface area (Å²) >= 11 is 5.94. The van der Waals surface area contributed by atoms with Crippen LogP contribution in [-0.2, 0) is 11.2 Å². The average molecular weight is 474 g/mol. The lowest BCUT2D eigenvalue weighted by molar-refractivity contribution is -0.134. The zero-order chi connectivity index (χ0) is 23.7. The van der Waals surface area contributed by atoms with Gasteiger partial charge in [0, 0.05) is 42.7 Å². The topological polar surface area (TPSA) is 119 Å². The van der Waals surface area contributed by atoms with Gasteiger partial charge in [-0.25, -0.2) is 14.8 Å². The van der Waals surface area contributed by atoms with Gasteiger partial charge in [0.05, 0.1) is 11.8 Å². The van der Waals surface area contributed by atoms with Gasteiger partial charge >= 0.3 is 6.09 Å². The summed E-state index contributed by atoms with van der Waals surface area (Å²) < 4.78 is 0. The average Bonchev–Trinajstić information content (AvgIpc) is 3.08. The number of halogens is 1. The van der Waals surface area contributed by atoms with E-state index < -0.39 is 18.2 Å². The van der Waals surface area contributed by atoms with Crippen LogP contribution in [0.2, 0.25) is 5.02 Å². The molecule has 2 aliphatic rings. The van der Waals surface area contributed by atoms with Crippen LogP contribution in [0, 0.1) is 0 Å². The zero-order valence-corrected chi connectivity index (χ0v) is 19.4. The molecule has 2 amide bonds. The van der Waals surface area contributed by atoms with Crippen molar-refractivity contribution in [3.05, 3.63) is 52.4 Å². The highest BCUT2D eigenvalue weighted by molar-refractivity contribution is 6.30. The highest BCUT2D eigenvalue weighted by atomic mass is 35.5. The molecule has 1 aromatic carbocycles. The van der Waals surface area contributed by atoms with Gasteiger partial charge in [0.1, 0.15) is 18.2 Å². The van der Waals surface area contributed by atoms with Gasteiger partial charge in [0.25, 0.3) is 0 Å². The maximum atomic E-state index is 13.3. The lowest BCUT2D eigenvalue weighted by atomic mass is 10.0. The Balaban J connectivity index is 1.49. The molecule has 4 atom stereocenters. The number of piperazine rings is 1. The first-order valence-corrected chi connectivity index (χ1v) is 11.4. The number of amides is 2. The van der Waals surface area contributed by atoms with Crippen LogP contribution < -0.4 is 10.2 Å². The van der Waals surface area contributed by atoms with E-state index in [4.69, 9.17) is 11.6 Å². The molecule has 1 saturated heterocycles. The minimum Gasteiger partial charge on any atom is -0.465 e. The number of nitrogens with zero attached hydrogens (tertiary/aromatic N) is 4. The van der Waals surface area contributed by atoms with E-state index in [9.17, 15) is 19.8 Å². The number of carboxylic acid groups (broad SMARTS) is 1. The van der Waals surface area contributed by atoms with Crippen molar-refractivity contribution >= 4 is 29.4 Å². The minimum atomic E-state index is -1.24. The first kappa shape index (κ1) is 23.3. The summed E-state index contributed by atoms with van der Waals surface area (Å²) in [5.41, 5.74) is 2.49. The van der Waals surface area contributed by atoms with E-state index >= 15 is 0 Å². The van der Waals surface area contributed by atoms with E-state index in [-0.39, 0.29) is 24.3 Å². The molecule has 9 nitrogen and oxygen atoms in total. The van der Waals surface area contributed by atoms with Crippen molar-refractivity contribution in [1.82, 2.24) is 20.2 Å². The van der Waals surface area contributed by atoms with Crippen molar-refractivity contribution in [3.8, 4) is 0 Å². The highest BCUT2D eigenvalue weighted by Crippen LogP contribution is 2.43. The van der Waals surface area contributed by atoms with Crippen LogP contribution in [-0.4, -0.2) is 68.8 Å². The van der Waals surface area contributed by atoms with Gasteiger partial charge < -0.3 is 25.3 Å². The van der Waals surface area contributed by atoms with Gasteiger partial charge in [-0.15, -0.1) is 0 Å². The van der Waals surface area contributed by atoms with Gasteiger partial charge in [0.15, 0.2) is 0 Å². The molecule has 1 aliphatic heterocycles. The largest absolute Gasteiger partial charge is 0.465 e. The predicted octanol–water partition coefficient (Wildman–Crippen LogP) is 2.59. The summed E-state index contributed by atoms with van der Waals surface area (Å²) in [6.07, 6.45) is 0.537. The van der Waals surface area contributed by atoms with Crippen molar-refractivity contribution < 1.29 is 19.8 Å². The Morgan fingerprint density at radius 1 is 1.21 bits per heavy atom. The van der Waals surface area contributed by atoms with Crippen molar-refractivity contribution in [2.75, 3.05) is 24.5 Å². The van der Waals surface area contributed by atoms with E-state index in [0.717, 1.165) is 16.9 Å². The number of hydrogen-bond donors (Lipinski definition) is 3. The SMILES string of the molecule is C[C@@H]1C[C@@H](O)c2ncnc(N3CCN(C(=O)[C@@H](Cc4ccc(Cl)cc4)NC(=O)O)C[C@@H]3C)c21. The maximum absolute atomic E-state index is 13.3. The Labute approximate surface area is 197 Å². The van der Waals surface area contributed by atoms with E-state index in [1.165, 1.54) is 6.33 Å². The van der Waals surface area contributed by atoms with Gasteiger partial charge in [-0.1, -0.05) is 30.7 Å². The minimum absolute atomic E-state index is 0.0346. The third-order valence-electron chi connectivity index (χ3n) is 6.44. The van der Waals surface area contributed by atoms with Gasteiger partial charge in [0.2, 0.25) is 5.91 Å². The second-order valence-corrected chi connectivity index (χ2v) is 9.24. The predicted molar refractivity (Wildman–Crippen MR) is 124 cm³/mol. The Morgan fingerprint density at radius 2 is 1.94 bits per heavy atom. The number of aromatic nitrogens is 2. The Bertz CT molecular complexity index is 1030. The van der Waals surface area contributed by atoms with E-state index in [1.807, 2.05) is 6.92 Å². The van der Waals surface area contributed by atoms with Gasteiger partial charge in [-0.2, -0.15) is 0 Å². The van der Waals surface area contributed by atoms with E-state index in [2.05, 4.69) is 27.1 Å². The number of fused-ring (bicyclic) bond motifs is 1. The fourth-order valence-corrected chi connectivity index (χ4v) is 4.96. The molecule has 1 fully saturated rings. The van der Waals surface area contributed by atoms with Crippen LogP contribution in [0.15, 0.2) is 30.6 Å². The standard InChI is InChI=1S/C23H28ClN5O4/c1-13-9-18(30)20-19(13)21(26-12-25-20)29-8-7-28(11-14(29)2)22(31)17(27-23(32)33)10-15-3-5-16(24)6-4-15/h3-6,12-14,17-18,27,30H,7-11H2,1-2H3,(H,32,33)/t13-,14+,17-,18-/m1/s1. The maximum Gasteiger partial charge on any atom is 0.405 e. The fraction of sp³-hybridized carbons (Fsp3) is 0.478. The number of aliphatic hydroxyl groups excluding tert-OH is 1. The molecule has 0 bridgehead atoms. The molecule has 2 heterocycles. The normalized spacial score (nSPS) is 23.2. The molecule has 1 aliphatic carbocycles. The van der Waals surface area contributed by atoms with E-state index in [0.29, 0.717) is 36.8 Å². The summed E-state index contributed by atoms with van der Waals surface area (Å²) in [6, 6.07) is 6.10. The monoisotopic (exact) mass is 473 g/mol. The van der Waals surface area contributed by atoms with Crippen molar-refractivity contribution in [2.45, 2.75) is 50.8 Å². The third-order valence-corrected chi connectivity index (χ3v) is 6.69. The smallest absolute Gasteiger partial charge is 0.405 e. The number of carbonyl (C=O) groups excluding carboxylic acids is 1. The summed E-state index contributed by atoms with van der Waals surface area (Å²) in [7, 11) is 0. The molecule has 33 heavy (non-hydrogen) atoms. The summed E-state index contributed by atoms with van der Waals surface area (Å²) in [5, 5.41) is 22.5. The number of nitrogens with one attached hydrogen (secondary N) is 1. The molecule has 3 N–H and O–H groups in total. The summed E-state index contributed by atoms with van der Waals surface area (Å²) in [5.74, 6) is 0.710. The molecule has 2 aromatic rings. The molecule has 0 spiro atoms. The van der Waals surface area contributed by atoms with Gasteiger partial charge in [-0.05, 0) is 37.0 Å². The zero-order valence-electron chi connectivity index (χ0n) is 18.6. The molecular weight excluding hydrogens is 446 g/mol. The molecule has 0 radical (unpaired) electrons. The van der Waals surface area contributed by atoms with Crippen molar-refractivity contribution in [2.24, 2.45) is 0 Å². The third kappa shape index (κ3) is 4.89. The lowest BCUT2D eigenvalue weighted by Crippen LogP contribution is -2.58. The van der Waals surface area contributed by atoms with Crippen molar-refractivity contribution in [1.29, 1.82) is 0 Å². The van der Waals surface area contributed by atoms with Crippen LogP contribution in [0.1, 0.15) is 49.1 Å². The summed E-state index contributed by atoms with van der Waals surface area (Å²) in [4.78, 5) is 37.3. The van der Waals surface area contributed by atoms with Crippen LogP contribution in [0.25, 0.3) is 0 Å². The quantitative estimate of drug-likeness (QED) is 0.610. The molecule has 10 heteroatoms. The van der Waals surface area contributed by atoms with Crippen LogP contribution in [0.3, 0.4) is 0 Å². The fourth-order valence-electron chi connectivity index (χ4n) is 4.83. The van der Waals surface area contributed by atoms with E-state index in [1.54, 1.807) is 29.2 Å². The van der Waals surface area contributed by atoms with Gasteiger partial charge in [-0.3, -0.25) is 4.79 Å². The van der Waals surface area contributed by atoms with Crippen LogP contribution >= 0.6 is 11.6 Å². The molecule has 0 unspecified atom stereocenters. The molecule has 1 aromatic heterocycles. The van der Waals surface area contributed by atoms with Crippen LogP contribution in [0.5, 0.6) is 0 Å². The second kappa shape index (κ2) is 9.52. The first-order chi connectivity index (χ1) is 15.7. The second-order valence-electron chi connectivity index (χ2n) is 8.81. The number of carbonyl (C=O) groups is 2. The molecule has 0 saturated carbocycles. The Kier molecular flexibility index (Phi) is 6.71. The molecular formula is C23H28ClN5O4. The van der Waals surface area contributed by atoms with Crippen molar-refractivity contribution in [3.63, 3.8) is 0 Å². The number of anilines is 1. The Hall–Kier alpha value is -2.91. The summed E-state index contributed by atoms with van der Waals surface area (Å²) in [6.45, 7) is 5.51. The first-order valence-electron chi connectivity index (χ1n) is 11.1. The number of hydrogen-bond acceptors (Lipinski definition) is 6. The Morgan fingerprint density at radius 3 is 2.61 bits per heavy atom. The van der Waals surface area contributed by atoms with Crippen LogP contribution in [0.4, 0.5) is 10.6 Å².